The van der Waals surface area contributed by atoms with E-state index in [9.17, 15) is 22.4 Å². The van der Waals surface area contributed by atoms with Gasteiger partial charge in [0.1, 0.15) is 22.9 Å². The molecule has 2 fully saturated rings. The van der Waals surface area contributed by atoms with Crippen LogP contribution in [0.5, 0.6) is 5.75 Å². The summed E-state index contributed by atoms with van der Waals surface area (Å²) in [5.41, 5.74) is -1.03. The minimum absolute atomic E-state index is 0.0813. The zero-order chi connectivity index (χ0) is 22.9. The highest BCUT2D eigenvalue weighted by Crippen LogP contribution is 2.38. The van der Waals surface area contributed by atoms with Gasteiger partial charge in [0.2, 0.25) is 5.95 Å². The first-order chi connectivity index (χ1) is 15.3. The second kappa shape index (κ2) is 8.77. The molecule has 2 aliphatic heterocycles. The van der Waals surface area contributed by atoms with Crippen LogP contribution in [-0.2, 0) is 10.9 Å². The van der Waals surface area contributed by atoms with E-state index in [-0.39, 0.29) is 28.8 Å². The van der Waals surface area contributed by atoms with Gasteiger partial charge < -0.3 is 24.6 Å². The molecule has 32 heavy (non-hydrogen) atoms. The summed E-state index contributed by atoms with van der Waals surface area (Å²) in [6.45, 7) is 2.34. The first kappa shape index (κ1) is 22.1. The average Bonchev–Trinajstić information content (AvgIpc) is 2.72. The lowest BCUT2D eigenvalue weighted by Crippen LogP contribution is -2.41. The molecule has 0 radical (unpaired) electrons. The molecular formula is C20H21F4N5O3. The summed E-state index contributed by atoms with van der Waals surface area (Å²) in [5.74, 6) is -1.57. The predicted molar refractivity (Wildman–Crippen MR) is 107 cm³/mol. The number of methoxy groups -OCH3 is 1. The van der Waals surface area contributed by atoms with Crippen molar-refractivity contribution in [3.63, 3.8) is 0 Å². The van der Waals surface area contributed by atoms with Crippen LogP contribution >= 0.6 is 0 Å². The average molecular weight is 455 g/mol. The third kappa shape index (κ3) is 4.40. The number of carbonyl (C=O) groups excluding carboxylic acids is 1. The van der Waals surface area contributed by atoms with E-state index in [1.807, 2.05) is 0 Å². The van der Waals surface area contributed by atoms with Gasteiger partial charge in [-0.15, -0.1) is 0 Å². The largest absolute Gasteiger partial charge is 0.495 e. The van der Waals surface area contributed by atoms with E-state index < -0.39 is 23.5 Å². The van der Waals surface area contributed by atoms with Crippen molar-refractivity contribution in [3.05, 3.63) is 35.3 Å². The van der Waals surface area contributed by atoms with Crippen LogP contribution in [0.1, 0.15) is 22.3 Å². The molecule has 0 atom stereocenters. The Morgan fingerprint density at radius 3 is 2.50 bits per heavy atom. The molecule has 0 spiro atoms. The van der Waals surface area contributed by atoms with Crippen LogP contribution in [0.25, 0.3) is 0 Å². The molecule has 172 valence electrons. The van der Waals surface area contributed by atoms with Crippen molar-refractivity contribution in [2.24, 2.45) is 0 Å². The number of hydrogen-bond donors (Lipinski definition) is 1. The molecule has 1 N–H and O–H groups in total. The fraction of sp³-hybridized carbons (Fsp3) is 0.450. The molecule has 1 aromatic heterocycles. The maximum atomic E-state index is 14.8. The smallest absolute Gasteiger partial charge is 0.421 e. The summed E-state index contributed by atoms with van der Waals surface area (Å²) >= 11 is 0. The molecule has 3 heterocycles. The molecule has 2 aromatic rings. The van der Waals surface area contributed by atoms with Gasteiger partial charge >= 0.3 is 6.18 Å². The van der Waals surface area contributed by atoms with Crippen molar-refractivity contribution < 1.29 is 31.8 Å². The Morgan fingerprint density at radius 2 is 1.91 bits per heavy atom. The zero-order valence-electron chi connectivity index (χ0n) is 17.2. The van der Waals surface area contributed by atoms with Crippen LogP contribution in [-0.4, -0.2) is 67.3 Å². The molecule has 0 unspecified atom stereocenters. The van der Waals surface area contributed by atoms with Gasteiger partial charge in [-0.3, -0.25) is 4.79 Å². The van der Waals surface area contributed by atoms with Gasteiger partial charge in [-0.25, -0.2) is 9.37 Å². The fourth-order valence-corrected chi connectivity index (χ4v) is 3.44. The number of benzene rings is 1. The molecule has 2 saturated heterocycles. The SMILES string of the molecule is COc1cc(C(=O)N2CCOCC2)c(F)cc1Nc1ncc(C(F)(F)F)c(N2CCC2)n1. The summed E-state index contributed by atoms with van der Waals surface area (Å²) in [7, 11) is 1.33. The number of carbonyl (C=O) groups is 1. The number of amides is 1. The Kier molecular flexibility index (Phi) is 6.04. The van der Waals surface area contributed by atoms with Crippen LogP contribution in [0.2, 0.25) is 0 Å². The Hall–Kier alpha value is -3.15. The number of rotatable bonds is 5. The van der Waals surface area contributed by atoms with Crippen LogP contribution in [0, 0.1) is 5.82 Å². The van der Waals surface area contributed by atoms with Gasteiger partial charge in [-0.05, 0) is 12.5 Å². The van der Waals surface area contributed by atoms with Gasteiger partial charge in [0.05, 0.1) is 31.6 Å². The zero-order valence-corrected chi connectivity index (χ0v) is 17.2. The second-order valence-electron chi connectivity index (χ2n) is 7.33. The van der Waals surface area contributed by atoms with E-state index in [4.69, 9.17) is 9.47 Å². The normalized spacial score (nSPS) is 16.5. The first-order valence-electron chi connectivity index (χ1n) is 9.98. The number of ether oxygens (including phenoxy) is 2. The summed E-state index contributed by atoms with van der Waals surface area (Å²) in [4.78, 5) is 23.4. The van der Waals surface area contributed by atoms with Gasteiger partial charge in [-0.2, -0.15) is 18.2 Å². The molecule has 2 aliphatic rings. The molecule has 4 rings (SSSR count). The quantitative estimate of drug-likeness (QED) is 0.695. The number of anilines is 3. The van der Waals surface area contributed by atoms with Crippen LogP contribution < -0.4 is 15.0 Å². The van der Waals surface area contributed by atoms with Crippen molar-refractivity contribution in [1.29, 1.82) is 0 Å². The molecule has 0 aliphatic carbocycles. The van der Waals surface area contributed by atoms with Crippen LogP contribution in [0.4, 0.5) is 35.0 Å². The number of alkyl halides is 3. The monoisotopic (exact) mass is 455 g/mol. The lowest BCUT2D eigenvalue weighted by molar-refractivity contribution is -0.137. The maximum Gasteiger partial charge on any atom is 0.421 e. The third-order valence-electron chi connectivity index (χ3n) is 5.29. The third-order valence-corrected chi connectivity index (χ3v) is 5.29. The van der Waals surface area contributed by atoms with Crippen molar-refractivity contribution in [2.45, 2.75) is 12.6 Å². The van der Waals surface area contributed by atoms with Crippen LogP contribution in [0.15, 0.2) is 18.3 Å². The highest BCUT2D eigenvalue weighted by molar-refractivity contribution is 5.96. The van der Waals surface area contributed by atoms with E-state index >= 15 is 0 Å². The molecule has 0 bridgehead atoms. The number of aromatic nitrogens is 2. The summed E-state index contributed by atoms with van der Waals surface area (Å²) in [6.07, 6.45) is -3.14. The highest BCUT2D eigenvalue weighted by Gasteiger charge is 2.38. The first-order valence-corrected chi connectivity index (χ1v) is 9.98. The highest BCUT2D eigenvalue weighted by atomic mass is 19.4. The van der Waals surface area contributed by atoms with E-state index in [0.717, 1.165) is 12.5 Å². The summed E-state index contributed by atoms with van der Waals surface area (Å²) in [6, 6.07) is 2.28. The number of morpholine rings is 1. The summed E-state index contributed by atoms with van der Waals surface area (Å²) < 4.78 is 65.3. The Morgan fingerprint density at radius 1 is 1.19 bits per heavy atom. The van der Waals surface area contributed by atoms with Gasteiger partial charge in [0.15, 0.2) is 0 Å². The summed E-state index contributed by atoms with van der Waals surface area (Å²) in [5, 5.41) is 2.71. The Balaban J connectivity index is 1.63. The number of nitrogens with one attached hydrogen (secondary N) is 1. The standard InChI is InChI=1S/C20H21F4N5O3/c1-31-16-9-12(18(30)29-5-7-32-8-6-29)14(21)10-15(16)26-19-25-11-13(20(22,23)24)17(27-19)28-3-2-4-28/h9-11H,2-8H2,1H3,(H,25,26,27). The van der Waals surface area contributed by atoms with Crippen molar-refractivity contribution in [1.82, 2.24) is 14.9 Å². The molecule has 0 saturated carbocycles. The molecule has 1 aromatic carbocycles. The van der Waals surface area contributed by atoms with E-state index in [1.165, 1.54) is 23.0 Å². The molecule has 12 heteroatoms. The number of hydrogen-bond acceptors (Lipinski definition) is 7. The lowest BCUT2D eigenvalue weighted by Gasteiger charge is -2.33. The van der Waals surface area contributed by atoms with Crippen molar-refractivity contribution in [2.75, 3.05) is 56.7 Å². The number of nitrogens with zero attached hydrogens (tertiary/aromatic N) is 4. The maximum absolute atomic E-state index is 14.8. The topological polar surface area (TPSA) is 79.8 Å². The van der Waals surface area contributed by atoms with E-state index in [0.29, 0.717) is 45.6 Å². The van der Waals surface area contributed by atoms with Crippen molar-refractivity contribution >= 4 is 23.4 Å². The van der Waals surface area contributed by atoms with Crippen LogP contribution in [0.3, 0.4) is 0 Å². The second-order valence-corrected chi connectivity index (χ2v) is 7.33. The molecule has 1 amide bonds. The van der Waals surface area contributed by atoms with Gasteiger partial charge in [0.25, 0.3) is 5.91 Å². The fourth-order valence-electron chi connectivity index (χ4n) is 3.44. The minimum atomic E-state index is -4.60. The Bertz CT molecular complexity index is 1010. The molecular weight excluding hydrogens is 434 g/mol. The lowest BCUT2D eigenvalue weighted by atomic mass is 10.1. The van der Waals surface area contributed by atoms with Gasteiger partial charge in [-0.1, -0.05) is 0 Å². The van der Waals surface area contributed by atoms with E-state index in [2.05, 4.69) is 15.3 Å². The van der Waals surface area contributed by atoms with Gasteiger partial charge in [0, 0.05) is 38.4 Å². The molecule has 8 nitrogen and oxygen atoms in total. The van der Waals surface area contributed by atoms with Crippen molar-refractivity contribution in [3.8, 4) is 5.75 Å². The minimum Gasteiger partial charge on any atom is -0.495 e. The van der Waals surface area contributed by atoms with E-state index in [1.54, 1.807) is 0 Å². The Labute approximate surface area is 181 Å². The number of halogens is 4. The predicted octanol–water partition coefficient (Wildman–Crippen LogP) is 3.07.